The first-order valence-corrected chi connectivity index (χ1v) is 7.63. The minimum atomic E-state index is 0.289. The molecule has 18 heavy (non-hydrogen) atoms. The summed E-state index contributed by atoms with van der Waals surface area (Å²) in [6.45, 7) is 16.7. The lowest BCUT2D eigenvalue weighted by Crippen LogP contribution is -2.61. The van der Waals surface area contributed by atoms with Crippen molar-refractivity contribution < 1.29 is 4.74 Å². The Morgan fingerprint density at radius 1 is 1.22 bits per heavy atom. The Hall–Kier alpha value is -0.120. The molecule has 108 valence electrons. The van der Waals surface area contributed by atoms with Gasteiger partial charge < -0.3 is 15.0 Å². The molecule has 1 saturated carbocycles. The maximum absolute atomic E-state index is 5.76. The van der Waals surface area contributed by atoms with E-state index in [-0.39, 0.29) is 5.41 Å². The van der Waals surface area contributed by atoms with Crippen molar-refractivity contribution in [1.29, 1.82) is 0 Å². The Labute approximate surface area is 113 Å². The smallest absolute Gasteiger partial charge is 0.0655 e. The summed E-state index contributed by atoms with van der Waals surface area (Å²) in [7, 11) is 0. The molecule has 1 rings (SSSR count). The predicted octanol–water partition coefficient (Wildman–Crippen LogP) is 2.51. The van der Waals surface area contributed by atoms with E-state index in [0.717, 1.165) is 26.2 Å². The maximum atomic E-state index is 5.76. The van der Waals surface area contributed by atoms with Gasteiger partial charge in [0.15, 0.2) is 0 Å². The first-order valence-electron chi connectivity index (χ1n) is 7.63. The van der Waals surface area contributed by atoms with Crippen LogP contribution in [0.1, 0.15) is 47.5 Å². The van der Waals surface area contributed by atoms with Gasteiger partial charge in [0.05, 0.1) is 6.10 Å². The van der Waals surface area contributed by atoms with E-state index in [1.807, 2.05) is 0 Å². The summed E-state index contributed by atoms with van der Waals surface area (Å²) in [5, 5.41) is 3.70. The van der Waals surface area contributed by atoms with Gasteiger partial charge in [0, 0.05) is 31.2 Å². The summed E-state index contributed by atoms with van der Waals surface area (Å²) in [5.41, 5.74) is 0.289. The number of rotatable bonds is 9. The van der Waals surface area contributed by atoms with Gasteiger partial charge in [-0.15, -0.1) is 0 Å². The molecule has 2 atom stereocenters. The van der Waals surface area contributed by atoms with Gasteiger partial charge in [-0.3, -0.25) is 0 Å². The number of likely N-dealkylation sites (N-methyl/N-ethyl adjacent to an activating group) is 1. The second-order valence-electron chi connectivity index (χ2n) is 5.94. The molecule has 0 amide bonds. The van der Waals surface area contributed by atoms with Gasteiger partial charge in [0.2, 0.25) is 0 Å². The molecule has 0 spiro atoms. The van der Waals surface area contributed by atoms with E-state index in [1.54, 1.807) is 0 Å². The second kappa shape index (κ2) is 7.46. The number of nitrogens with one attached hydrogen (secondary N) is 1. The zero-order chi connectivity index (χ0) is 13.6. The molecule has 2 unspecified atom stereocenters. The fourth-order valence-corrected chi connectivity index (χ4v) is 2.86. The number of nitrogens with zero attached hydrogens (tertiary/aromatic N) is 1. The quantitative estimate of drug-likeness (QED) is 0.686. The van der Waals surface area contributed by atoms with E-state index in [0.29, 0.717) is 12.1 Å². The SMILES string of the molecule is CCCN(CC)CCNC1CC(OCC)C1(C)C. The van der Waals surface area contributed by atoms with Crippen LogP contribution in [-0.2, 0) is 4.74 Å². The van der Waals surface area contributed by atoms with Crippen LogP contribution in [-0.4, -0.2) is 49.8 Å². The molecular formula is C15H32N2O. The lowest BCUT2D eigenvalue weighted by Gasteiger charge is -2.52. The van der Waals surface area contributed by atoms with Crippen molar-refractivity contribution in [3.05, 3.63) is 0 Å². The molecule has 0 aliphatic heterocycles. The molecule has 0 aromatic heterocycles. The van der Waals surface area contributed by atoms with E-state index in [2.05, 4.69) is 44.8 Å². The van der Waals surface area contributed by atoms with Crippen LogP contribution in [0.4, 0.5) is 0 Å². The summed E-state index contributed by atoms with van der Waals surface area (Å²) in [5.74, 6) is 0. The van der Waals surface area contributed by atoms with Crippen LogP contribution < -0.4 is 5.32 Å². The molecule has 0 heterocycles. The first-order chi connectivity index (χ1) is 8.56. The summed E-state index contributed by atoms with van der Waals surface area (Å²) in [4.78, 5) is 2.51. The highest BCUT2D eigenvalue weighted by molar-refractivity contribution is 5.02. The summed E-state index contributed by atoms with van der Waals surface area (Å²) in [6.07, 6.45) is 2.86. The van der Waals surface area contributed by atoms with Crippen LogP contribution in [0.5, 0.6) is 0 Å². The molecule has 1 fully saturated rings. The predicted molar refractivity (Wildman–Crippen MR) is 78.0 cm³/mol. The molecule has 1 aliphatic rings. The molecule has 0 aromatic carbocycles. The maximum Gasteiger partial charge on any atom is 0.0655 e. The van der Waals surface area contributed by atoms with Gasteiger partial charge in [-0.05, 0) is 32.9 Å². The Morgan fingerprint density at radius 2 is 1.94 bits per heavy atom. The Morgan fingerprint density at radius 3 is 2.44 bits per heavy atom. The number of hydrogen-bond donors (Lipinski definition) is 1. The molecule has 3 nitrogen and oxygen atoms in total. The van der Waals surface area contributed by atoms with Gasteiger partial charge in [-0.25, -0.2) is 0 Å². The first kappa shape index (κ1) is 15.9. The van der Waals surface area contributed by atoms with Gasteiger partial charge in [0.25, 0.3) is 0 Å². The second-order valence-corrected chi connectivity index (χ2v) is 5.94. The standard InChI is InChI=1S/C15H32N2O/c1-6-10-17(7-2)11-9-16-13-12-14(18-8-3)15(13,4)5/h13-14,16H,6-12H2,1-5H3. The van der Waals surface area contributed by atoms with Crippen molar-refractivity contribution in [2.75, 3.05) is 32.8 Å². The fourth-order valence-electron chi connectivity index (χ4n) is 2.86. The zero-order valence-electron chi connectivity index (χ0n) is 13.0. The number of ether oxygens (including phenoxy) is 1. The summed E-state index contributed by atoms with van der Waals surface area (Å²) in [6, 6.07) is 0.620. The van der Waals surface area contributed by atoms with Crippen molar-refractivity contribution in [2.24, 2.45) is 5.41 Å². The van der Waals surface area contributed by atoms with Crippen LogP contribution in [0.15, 0.2) is 0 Å². The molecule has 0 radical (unpaired) electrons. The van der Waals surface area contributed by atoms with Crippen molar-refractivity contribution in [2.45, 2.75) is 59.6 Å². The van der Waals surface area contributed by atoms with Gasteiger partial charge in [0.1, 0.15) is 0 Å². The summed E-state index contributed by atoms with van der Waals surface area (Å²) < 4.78 is 5.76. The van der Waals surface area contributed by atoms with E-state index in [9.17, 15) is 0 Å². The highest BCUT2D eigenvalue weighted by Crippen LogP contribution is 2.42. The van der Waals surface area contributed by atoms with Crippen molar-refractivity contribution in [1.82, 2.24) is 10.2 Å². The van der Waals surface area contributed by atoms with E-state index in [1.165, 1.54) is 19.4 Å². The van der Waals surface area contributed by atoms with Crippen LogP contribution in [0.25, 0.3) is 0 Å². The zero-order valence-corrected chi connectivity index (χ0v) is 13.0. The lowest BCUT2D eigenvalue weighted by molar-refractivity contribution is -0.114. The lowest BCUT2D eigenvalue weighted by atomic mass is 9.64. The molecule has 3 heteroatoms. The van der Waals surface area contributed by atoms with Gasteiger partial charge in [-0.2, -0.15) is 0 Å². The average molecular weight is 256 g/mol. The third kappa shape index (κ3) is 3.94. The largest absolute Gasteiger partial charge is 0.378 e. The molecule has 1 aliphatic carbocycles. The number of hydrogen-bond acceptors (Lipinski definition) is 3. The van der Waals surface area contributed by atoms with Crippen molar-refractivity contribution in [3.8, 4) is 0 Å². The molecule has 0 saturated heterocycles. The fraction of sp³-hybridized carbons (Fsp3) is 1.00. The van der Waals surface area contributed by atoms with E-state index in [4.69, 9.17) is 4.74 Å². The molecular weight excluding hydrogens is 224 g/mol. The average Bonchev–Trinajstić information content (AvgIpc) is 2.35. The van der Waals surface area contributed by atoms with E-state index >= 15 is 0 Å². The Balaban J connectivity index is 2.21. The van der Waals surface area contributed by atoms with Crippen LogP contribution in [0.2, 0.25) is 0 Å². The molecule has 1 N–H and O–H groups in total. The minimum Gasteiger partial charge on any atom is -0.378 e. The summed E-state index contributed by atoms with van der Waals surface area (Å²) >= 11 is 0. The monoisotopic (exact) mass is 256 g/mol. The normalized spacial score (nSPS) is 26.3. The third-order valence-corrected chi connectivity index (χ3v) is 4.35. The minimum absolute atomic E-state index is 0.289. The van der Waals surface area contributed by atoms with Gasteiger partial charge >= 0.3 is 0 Å². The Kier molecular flexibility index (Phi) is 6.61. The third-order valence-electron chi connectivity index (χ3n) is 4.35. The highest BCUT2D eigenvalue weighted by Gasteiger charge is 2.48. The van der Waals surface area contributed by atoms with Crippen LogP contribution in [0, 0.1) is 5.41 Å². The van der Waals surface area contributed by atoms with Crippen LogP contribution >= 0.6 is 0 Å². The van der Waals surface area contributed by atoms with Crippen molar-refractivity contribution >= 4 is 0 Å². The van der Waals surface area contributed by atoms with Gasteiger partial charge in [-0.1, -0.05) is 27.7 Å². The highest BCUT2D eigenvalue weighted by atomic mass is 16.5. The van der Waals surface area contributed by atoms with E-state index < -0.39 is 0 Å². The topological polar surface area (TPSA) is 24.5 Å². The van der Waals surface area contributed by atoms with Crippen molar-refractivity contribution in [3.63, 3.8) is 0 Å². The molecule has 0 aromatic rings. The Bertz CT molecular complexity index is 231. The molecule has 0 bridgehead atoms. The van der Waals surface area contributed by atoms with Crippen LogP contribution in [0.3, 0.4) is 0 Å².